The van der Waals surface area contributed by atoms with Crippen LogP contribution in [0.1, 0.15) is 39.0 Å². The minimum absolute atomic E-state index is 0.0545. The van der Waals surface area contributed by atoms with Crippen molar-refractivity contribution in [1.82, 2.24) is 5.32 Å². The lowest BCUT2D eigenvalue weighted by atomic mass is 9.93. The van der Waals surface area contributed by atoms with Gasteiger partial charge in [0.2, 0.25) is 0 Å². The Morgan fingerprint density at radius 1 is 1.46 bits per heavy atom. The molecular weight excluding hydrogens is 167 g/mol. The highest BCUT2D eigenvalue weighted by atomic mass is 19.1. The van der Waals surface area contributed by atoms with Gasteiger partial charge in [-0.3, -0.25) is 5.32 Å². The first-order valence-electron chi connectivity index (χ1n) is 5.06. The van der Waals surface area contributed by atoms with Crippen molar-refractivity contribution in [2.75, 3.05) is 0 Å². The monoisotopic (exact) mass is 184 g/mol. The van der Waals surface area contributed by atoms with Gasteiger partial charge in [-0.2, -0.15) is 5.26 Å². The fourth-order valence-corrected chi connectivity index (χ4v) is 1.75. The maximum absolute atomic E-state index is 12.8. The van der Waals surface area contributed by atoms with E-state index in [1.165, 1.54) is 0 Å². The molecule has 0 radical (unpaired) electrons. The number of nitrogens with zero attached hydrogens (tertiary/aromatic N) is 1. The zero-order chi connectivity index (χ0) is 9.68. The first-order valence-corrected chi connectivity index (χ1v) is 5.06. The van der Waals surface area contributed by atoms with Crippen LogP contribution in [0.15, 0.2) is 0 Å². The summed E-state index contributed by atoms with van der Waals surface area (Å²) in [6.07, 6.45) is 3.27. The zero-order valence-electron chi connectivity index (χ0n) is 8.09. The van der Waals surface area contributed by atoms with Crippen molar-refractivity contribution >= 4 is 0 Å². The van der Waals surface area contributed by atoms with Gasteiger partial charge >= 0.3 is 0 Å². The zero-order valence-corrected chi connectivity index (χ0v) is 8.09. The molecule has 1 aliphatic rings. The number of nitrogens with one attached hydrogen (secondary N) is 1. The Morgan fingerprint density at radius 3 is 2.54 bits per heavy atom. The highest BCUT2D eigenvalue weighted by Crippen LogP contribution is 2.21. The molecule has 1 N–H and O–H groups in total. The summed E-state index contributed by atoms with van der Waals surface area (Å²) in [7, 11) is 0. The summed E-state index contributed by atoms with van der Waals surface area (Å²) in [4.78, 5) is 0. The highest BCUT2D eigenvalue weighted by Gasteiger charge is 2.21. The molecule has 0 aliphatic heterocycles. The summed E-state index contributed by atoms with van der Waals surface area (Å²) < 4.78 is 12.8. The van der Waals surface area contributed by atoms with Crippen molar-refractivity contribution in [3.05, 3.63) is 0 Å². The Kier molecular flexibility index (Phi) is 4.17. The first kappa shape index (κ1) is 10.5. The van der Waals surface area contributed by atoms with Crippen LogP contribution >= 0.6 is 0 Å². The van der Waals surface area contributed by atoms with Gasteiger partial charge in [-0.1, -0.05) is 6.92 Å². The van der Waals surface area contributed by atoms with Gasteiger partial charge in [0.05, 0.1) is 12.1 Å². The lowest BCUT2D eigenvalue weighted by Gasteiger charge is -2.26. The van der Waals surface area contributed by atoms with Crippen LogP contribution in [0, 0.1) is 11.3 Å². The Labute approximate surface area is 79.1 Å². The molecule has 0 bridgehead atoms. The lowest BCUT2D eigenvalue weighted by Crippen LogP contribution is -2.39. The van der Waals surface area contributed by atoms with Crippen molar-refractivity contribution in [3.63, 3.8) is 0 Å². The van der Waals surface area contributed by atoms with Crippen molar-refractivity contribution in [3.8, 4) is 6.07 Å². The summed E-state index contributed by atoms with van der Waals surface area (Å²) in [5.41, 5.74) is 0. The molecule has 1 saturated carbocycles. The van der Waals surface area contributed by atoms with Gasteiger partial charge in [0.1, 0.15) is 6.17 Å². The molecule has 0 aromatic carbocycles. The molecule has 0 amide bonds. The number of hydrogen-bond acceptors (Lipinski definition) is 2. The van der Waals surface area contributed by atoms with Crippen LogP contribution in [0.4, 0.5) is 4.39 Å². The fraction of sp³-hybridized carbons (Fsp3) is 0.900. The van der Waals surface area contributed by atoms with Crippen LogP contribution in [0.2, 0.25) is 0 Å². The summed E-state index contributed by atoms with van der Waals surface area (Å²) in [6.45, 7) is 1.99. The highest BCUT2D eigenvalue weighted by molar-refractivity contribution is 4.91. The molecule has 2 nitrogen and oxygen atoms in total. The molecule has 0 spiro atoms. The predicted molar refractivity (Wildman–Crippen MR) is 50.0 cm³/mol. The molecule has 1 unspecified atom stereocenters. The smallest absolute Gasteiger partial charge is 0.100 e. The molecule has 1 atom stereocenters. The minimum Gasteiger partial charge on any atom is -0.299 e. The van der Waals surface area contributed by atoms with Gasteiger partial charge in [0.15, 0.2) is 0 Å². The van der Waals surface area contributed by atoms with Gasteiger partial charge in [-0.25, -0.2) is 4.39 Å². The number of alkyl halides is 1. The molecule has 0 aromatic rings. The SMILES string of the molecule is CCC(C#N)NC1CCC(F)CC1. The van der Waals surface area contributed by atoms with Gasteiger partial charge in [-0.15, -0.1) is 0 Å². The molecule has 1 aliphatic carbocycles. The quantitative estimate of drug-likeness (QED) is 0.729. The summed E-state index contributed by atoms with van der Waals surface area (Å²) in [5, 5.41) is 12.0. The van der Waals surface area contributed by atoms with E-state index in [0.717, 1.165) is 19.3 Å². The van der Waals surface area contributed by atoms with Gasteiger partial charge in [0.25, 0.3) is 0 Å². The van der Waals surface area contributed by atoms with Crippen molar-refractivity contribution in [1.29, 1.82) is 5.26 Å². The van der Waals surface area contributed by atoms with E-state index in [4.69, 9.17) is 5.26 Å². The fourth-order valence-electron chi connectivity index (χ4n) is 1.75. The predicted octanol–water partition coefficient (Wildman–Crippen LogP) is 2.16. The molecule has 0 saturated heterocycles. The van der Waals surface area contributed by atoms with Crippen LogP contribution in [0.5, 0.6) is 0 Å². The first-order chi connectivity index (χ1) is 6.26. The average molecular weight is 184 g/mol. The number of rotatable bonds is 3. The second-order valence-electron chi connectivity index (χ2n) is 3.71. The topological polar surface area (TPSA) is 35.8 Å². The van der Waals surface area contributed by atoms with E-state index in [1.807, 2.05) is 6.92 Å². The van der Waals surface area contributed by atoms with Gasteiger partial charge in [0, 0.05) is 6.04 Å². The number of hydrogen-bond donors (Lipinski definition) is 1. The van der Waals surface area contributed by atoms with E-state index in [0.29, 0.717) is 18.9 Å². The Morgan fingerprint density at radius 2 is 2.08 bits per heavy atom. The average Bonchev–Trinajstić information content (AvgIpc) is 2.17. The second-order valence-corrected chi connectivity index (χ2v) is 3.71. The van der Waals surface area contributed by atoms with E-state index >= 15 is 0 Å². The third kappa shape index (κ3) is 3.31. The summed E-state index contributed by atoms with van der Waals surface area (Å²) >= 11 is 0. The van der Waals surface area contributed by atoms with E-state index in [2.05, 4.69) is 11.4 Å². The lowest BCUT2D eigenvalue weighted by molar-refractivity contribution is 0.216. The van der Waals surface area contributed by atoms with Gasteiger partial charge < -0.3 is 0 Å². The molecule has 74 valence electrons. The van der Waals surface area contributed by atoms with Crippen LogP contribution in [-0.2, 0) is 0 Å². The largest absolute Gasteiger partial charge is 0.299 e. The van der Waals surface area contributed by atoms with E-state index in [-0.39, 0.29) is 6.04 Å². The van der Waals surface area contributed by atoms with E-state index in [1.54, 1.807) is 0 Å². The van der Waals surface area contributed by atoms with Crippen molar-refractivity contribution in [2.45, 2.75) is 57.3 Å². The molecule has 0 aromatic heterocycles. The van der Waals surface area contributed by atoms with Crippen LogP contribution in [0.3, 0.4) is 0 Å². The van der Waals surface area contributed by atoms with Crippen molar-refractivity contribution in [2.24, 2.45) is 0 Å². The summed E-state index contributed by atoms with van der Waals surface area (Å²) in [5.74, 6) is 0. The molecule has 3 heteroatoms. The Balaban J connectivity index is 2.26. The standard InChI is InChI=1S/C10H17FN2/c1-2-9(7-12)13-10-5-3-8(11)4-6-10/h8-10,13H,2-6H2,1H3. The molecule has 1 rings (SSSR count). The van der Waals surface area contributed by atoms with E-state index < -0.39 is 6.17 Å². The molecule has 13 heavy (non-hydrogen) atoms. The molecular formula is C10H17FN2. The maximum Gasteiger partial charge on any atom is 0.100 e. The minimum atomic E-state index is -0.611. The summed E-state index contributed by atoms with van der Waals surface area (Å²) in [6, 6.07) is 2.51. The Bertz CT molecular complexity index is 180. The number of halogens is 1. The third-order valence-electron chi connectivity index (χ3n) is 2.66. The Hall–Kier alpha value is -0.620. The molecule has 0 heterocycles. The van der Waals surface area contributed by atoms with Gasteiger partial charge in [-0.05, 0) is 32.1 Å². The maximum atomic E-state index is 12.8. The molecule has 1 fully saturated rings. The third-order valence-corrected chi connectivity index (χ3v) is 2.66. The van der Waals surface area contributed by atoms with E-state index in [9.17, 15) is 4.39 Å². The number of nitriles is 1. The van der Waals surface area contributed by atoms with Crippen LogP contribution < -0.4 is 5.32 Å². The van der Waals surface area contributed by atoms with Crippen LogP contribution in [-0.4, -0.2) is 18.3 Å². The van der Waals surface area contributed by atoms with Crippen molar-refractivity contribution < 1.29 is 4.39 Å². The normalized spacial score (nSPS) is 30.8. The van der Waals surface area contributed by atoms with Crippen LogP contribution in [0.25, 0.3) is 0 Å². The second kappa shape index (κ2) is 5.18.